The van der Waals surface area contributed by atoms with E-state index in [9.17, 15) is 4.79 Å². The van der Waals surface area contributed by atoms with Gasteiger partial charge in [0.25, 0.3) is 0 Å². The van der Waals surface area contributed by atoms with E-state index in [1.165, 1.54) is 6.07 Å². The van der Waals surface area contributed by atoms with Crippen molar-refractivity contribution in [2.75, 3.05) is 7.11 Å². The molecule has 0 radical (unpaired) electrons. The second kappa shape index (κ2) is 5.72. The molecule has 22 heavy (non-hydrogen) atoms. The number of carboxylic acid groups (broad SMARTS) is 1. The van der Waals surface area contributed by atoms with Crippen LogP contribution in [0.1, 0.15) is 16.3 Å². The normalized spacial score (nSPS) is 10.6. The topological polar surface area (TPSA) is 90.4 Å². The summed E-state index contributed by atoms with van der Waals surface area (Å²) < 4.78 is 12.0. The number of methoxy groups -OCH3 is 1. The van der Waals surface area contributed by atoms with Gasteiger partial charge in [0.1, 0.15) is 18.1 Å². The van der Waals surface area contributed by atoms with Gasteiger partial charge >= 0.3 is 5.97 Å². The minimum absolute atomic E-state index is 0.0962. The molecule has 0 aliphatic heterocycles. The van der Waals surface area contributed by atoms with Gasteiger partial charge in [-0.1, -0.05) is 5.21 Å². The molecule has 3 rings (SSSR count). The zero-order valence-electron chi connectivity index (χ0n) is 11.8. The van der Waals surface area contributed by atoms with Crippen LogP contribution in [0.3, 0.4) is 0 Å². The van der Waals surface area contributed by atoms with Gasteiger partial charge in [0, 0.05) is 5.56 Å². The Kier molecular flexibility index (Phi) is 3.61. The summed E-state index contributed by atoms with van der Waals surface area (Å²) in [5.41, 5.74) is 1.73. The highest BCUT2D eigenvalue weighted by atomic mass is 16.5. The van der Waals surface area contributed by atoms with Gasteiger partial charge in [-0.2, -0.15) is 0 Å². The van der Waals surface area contributed by atoms with E-state index in [2.05, 4.69) is 10.3 Å². The molecule has 0 amide bonds. The second-order valence-electron chi connectivity index (χ2n) is 4.58. The largest absolute Gasteiger partial charge is 0.497 e. The number of benzene rings is 1. The number of furan rings is 1. The van der Waals surface area contributed by atoms with Gasteiger partial charge in [-0.15, -0.1) is 5.10 Å². The fraction of sp³-hybridized carbons (Fsp3) is 0.133. The first kappa shape index (κ1) is 13.9. The van der Waals surface area contributed by atoms with Gasteiger partial charge in [-0.3, -0.25) is 0 Å². The Balaban J connectivity index is 1.86. The van der Waals surface area contributed by atoms with Crippen LogP contribution >= 0.6 is 0 Å². The molecule has 0 saturated heterocycles. The Morgan fingerprint density at radius 3 is 2.68 bits per heavy atom. The van der Waals surface area contributed by atoms with E-state index >= 15 is 0 Å². The maximum Gasteiger partial charge on any atom is 0.371 e. The van der Waals surface area contributed by atoms with E-state index in [0.717, 1.165) is 17.0 Å². The zero-order chi connectivity index (χ0) is 15.5. The lowest BCUT2D eigenvalue weighted by Crippen LogP contribution is -2.03. The fourth-order valence-electron chi connectivity index (χ4n) is 2.09. The zero-order valence-corrected chi connectivity index (χ0v) is 11.8. The monoisotopic (exact) mass is 299 g/mol. The van der Waals surface area contributed by atoms with Gasteiger partial charge in [0.05, 0.1) is 19.0 Å². The molecule has 0 bridgehead atoms. The third kappa shape index (κ3) is 2.69. The summed E-state index contributed by atoms with van der Waals surface area (Å²) in [6.07, 6.45) is 1.64. The fourth-order valence-corrected chi connectivity index (χ4v) is 2.09. The Hall–Kier alpha value is -3.09. The number of rotatable bonds is 5. The van der Waals surface area contributed by atoms with Crippen molar-refractivity contribution in [1.29, 1.82) is 0 Å². The molecule has 2 aromatic heterocycles. The van der Waals surface area contributed by atoms with Gasteiger partial charge in [0.2, 0.25) is 5.76 Å². The average Bonchev–Trinajstić information content (AvgIpc) is 3.17. The molecule has 0 unspecified atom stereocenters. The minimum atomic E-state index is -1.10. The van der Waals surface area contributed by atoms with Crippen LogP contribution in [0.2, 0.25) is 0 Å². The maximum atomic E-state index is 10.8. The Bertz CT molecular complexity index is 789. The number of hydrogen-bond acceptors (Lipinski definition) is 5. The van der Waals surface area contributed by atoms with Gasteiger partial charge in [-0.05, 0) is 36.4 Å². The number of aromatic carboxylic acids is 1. The number of carboxylic acids is 1. The van der Waals surface area contributed by atoms with Gasteiger partial charge < -0.3 is 14.3 Å². The first-order chi connectivity index (χ1) is 10.7. The molecule has 1 aromatic carbocycles. The quantitative estimate of drug-likeness (QED) is 0.777. The van der Waals surface area contributed by atoms with Crippen molar-refractivity contribution in [3.05, 3.63) is 54.1 Å². The third-order valence-electron chi connectivity index (χ3n) is 3.18. The number of carbonyl (C=O) groups is 1. The number of nitrogens with zero attached hydrogens (tertiary/aromatic N) is 3. The summed E-state index contributed by atoms with van der Waals surface area (Å²) in [6, 6.07) is 10.5. The highest BCUT2D eigenvalue weighted by molar-refractivity contribution is 5.84. The van der Waals surface area contributed by atoms with E-state index in [1.807, 2.05) is 24.3 Å². The van der Waals surface area contributed by atoms with Crippen LogP contribution < -0.4 is 4.74 Å². The van der Waals surface area contributed by atoms with Gasteiger partial charge in [-0.25, -0.2) is 9.48 Å². The van der Waals surface area contributed by atoms with Gasteiger partial charge in [0.15, 0.2) is 0 Å². The van der Waals surface area contributed by atoms with Crippen LogP contribution in [0.4, 0.5) is 0 Å². The van der Waals surface area contributed by atoms with Crippen molar-refractivity contribution in [3.63, 3.8) is 0 Å². The standard InChI is InChI=1S/C15H13N3O4/c1-21-11-4-2-10(3-5-11)13-8-16-17-18(13)9-12-6-7-14(22-12)15(19)20/h2-8H,9H2,1H3,(H,19,20). The van der Waals surface area contributed by atoms with E-state index in [-0.39, 0.29) is 5.76 Å². The summed E-state index contributed by atoms with van der Waals surface area (Å²) in [5, 5.41) is 16.8. The average molecular weight is 299 g/mol. The molecule has 3 aromatic rings. The molecule has 112 valence electrons. The summed E-state index contributed by atoms with van der Waals surface area (Å²) in [5.74, 6) is 0.0684. The number of hydrogen-bond donors (Lipinski definition) is 1. The first-order valence-corrected chi connectivity index (χ1v) is 6.52. The molecule has 0 fully saturated rings. The lowest BCUT2D eigenvalue weighted by molar-refractivity contribution is 0.0660. The minimum Gasteiger partial charge on any atom is -0.497 e. The van der Waals surface area contributed by atoms with Crippen molar-refractivity contribution in [2.45, 2.75) is 6.54 Å². The molecule has 0 aliphatic rings. The van der Waals surface area contributed by atoms with Crippen LogP contribution in [0.15, 0.2) is 47.0 Å². The number of aromatic nitrogens is 3. The molecule has 0 saturated carbocycles. The molecule has 0 atom stereocenters. The maximum absolute atomic E-state index is 10.8. The Morgan fingerprint density at radius 2 is 2.05 bits per heavy atom. The number of ether oxygens (including phenoxy) is 1. The van der Waals surface area contributed by atoms with E-state index < -0.39 is 5.97 Å². The summed E-state index contributed by atoms with van der Waals surface area (Å²) in [7, 11) is 1.61. The van der Waals surface area contributed by atoms with Crippen molar-refractivity contribution in [3.8, 4) is 17.0 Å². The lowest BCUT2D eigenvalue weighted by atomic mass is 10.1. The molecule has 7 heteroatoms. The molecule has 0 spiro atoms. The third-order valence-corrected chi connectivity index (χ3v) is 3.18. The SMILES string of the molecule is COc1ccc(-c2cnnn2Cc2ccc(C(=O)O)o2)cc1. The molecule has 1 N–H and O–H groups in total. The second-order valence-corrected chi connectivity index (χ2v) is 4.58. The lowest BCUT2D eigenvalue weighted by Gasteiger charge is -2.05. The Labute approximate surface area is 125 Å². The van der Waals surface area contributed by atoms with Crippen molar-refractivity contribution < 1.29 is 19.1 Å². The van der Waals surface area contributed by atoms with Crippen LogP contribution in [0.5, 0.6) is 5.75 Å². The summed E-state index contributed by atoms with van der Waals surface area (Å²) in [6.45, 7) is 0.300. The summed E-state index contributed by atoms with van der Waals surface area (Å²) in [4.78, 5) is 10.8. The molecular formula is C15H13N3O4. The van der Waals surface area contributed by atoms with E-state index in [4.69, 9.17) is 14.3 Å². The smallest absolute Gasteiger partial charge is 0.371 e. The van der Waals surface area contributed by atoms with Crippen LogP contribution in [0.25, 0.3) is 11.3 Å². The molecule has 7 nitrogen and oxygen atoms in total. The predicted molar refractivity (Wildman–Crippen MR) is 76.8 cm³/mol. The van der Waals surface area contributed by atoms with Crippen molar-refractivity contribution in [2.24, 2.45) is 0 Å². The predicted octanol–water partition coefficient (Wildman–Crippen LogP) is 2.29. The highest BCUT2D eigenvalue weighted by Crippen LogP contribution is 2.22. The van der Waals surface area contributed by atoms with E-state index in [1.54, 1.807) is 24.1 Å². The first-order valence-electron chi connectivity index (χ1n) is 6.52. The molecular weight excluding hydrogens is 286 g/mol. The molecule has 2 heterocycles. The highest BCUT2D eigenvalue weighted by Gasteiger charge is 2.12. The summed E-state index contributed by atoms with van der Waals surface area (Å²) >= 11 is 0. The Morgan fingerprint density at radius 1 is 1.27 bits per heavy atom. The van der Waals surface area contributed by atoms with Crippen LogP contribution in [-0.2, 0) is 6.54 Å². The van der Waals surface area contributed by atoms with Crippen molar-refractivity contribution in [1.82, 2.24) is 15.0 Å². The van der Waals surface area contributed by atoms with Crippen LogP contribution in [0, 0.1) is 0 Å². The van der Waals surface area contributed by atoms with E-state index in [0.29, 0.717) is 12.3 Å². The van der Waals surface area contributed by atoms with Crippen LogP contribution in [-0.4, -0.2) is 33.2 Å². The van der Waals surface area contributed by atoms with Crippen molar-refractivity contribution >= 4 is 5.97 Å². The molecule has 0 aliphatic carbocycles.